The summed E-state index contributed by atoms with van der Waals surface area (Å²) in [5.41, 5.74) is 0. The first-order chi connectivity index (χ1) is 0. The third kappa shape index (κ3) is 10.7. The summed E-state index contributed by atoms with van der Waals surface area (Å²) < 4.78 is 0. The van der Waals surface area contributed by atoms with E-state index in [-0.39, 0.29) is 53.6 Å². The van der Waals surface area contributed by atoms with Gasteiger partial charge in [-0.2, -0.15) is 0 Å². The zero-order valence-corrected chi connectivity index (χ0v) is 5.38. The van der Waals surface area contributed by atoms with Gasteiger partial charge in [-0.15, -0.1) is 12.4 Å². The number of rotatable bonds is 0. The minimum Gasteiger partial charge on any atom is -0.870 e. The Kier molecular flexibility index (Phi) is 467. The van der Waals surface area contributed by atoms with Gasteiger partial charge in [0.15, 0.2) is 0 Å². The van der Waals surface area contributed by atoms with E-state index in [1.165, 1.54) is 0 Å². The standard InChI is InChI=1S/ClH.H3N.Na.H2O/h1H;1H3;;1H2/q;;+1;/p-1. The van der Waals surface area contributed by atoms with Crippen LogP contribution in [-0.4, -0.2) is 5.48 Å². The summed E-state index contributed by atoms with van der Waals surface area (Å²) in [6.07, 6.45) is 0. The van der Waals surface area contributed by atoms with E-state index < -0.39 is 0 Å². The first kappa shape index (κ1) is 63.1. The smallest absolute Gasteiger partial charge is 0.870 e. The maximum atomic E-state index is 0. The van der Waals surface area contributed by atoms with Crippen molar-refractivity contribution in [3.63, 3.8) is 0 Å². The minimum atomic E-state index is 0. The van der Waals surface area contributed by atoms with Crippen LogP contribution in [0.5, 0.6) is 0 Å². The van der Waals surface area contributed by atoms with Crippen molar-refractivity contribution in [1.82, 2.24) is 6.15 Å². The molecular formula is H5ClNNaO. The van der Waals surface area contributed by atoms with Crippen LogP contribution < -0.4 is 35.7 Å². The Morgan fingerprint density at radius 2 is 1.00 bits per heavy atom. The Morgan fingerprint density at radius 3 is 1.00 bits per heavy atom. The van der Waals surface area contributed by atoms with E-state index in [1.54, 1.807) is 0 Å². The summed E-state index contributed by atoms with van der Waals surface area (Å²) in [4.78, 5) is 0. The van der Waals surface area contributed by atoms with E-state index in [2.05, 4.69) is 0 Å². The van der Waals surface area contributed by atoms with Gasteiger partial charge in [-0.3, -0.25) is 0 Å². The van der Waals surface area contributed by atoms with Crippen molar-refractivity contribution in [2.75, 3.05) is 0 Å². The molecule has 24 valence electrons. The van der Waals surface area contributed by atoms with Gasteiger partial charge in [-0.05, 0) is 0 Å². The molecule has 0 saturated heterocycles. The van der Waals surface area contributed by atoms with E-state index in [9.17, 15) is 0 Å². The van der Waals surface area contributed by atoms with Crippen molar-refractivity contribution < 1.29 is 35.0 Å². The molecule has 0 bridgehead atoms. The molecule has 4 heteroatoms. The zero-order valence-electron chi connectivity index (χ0n) is 2.56. The van der Waals surface area contributed by atoms with Crippen molar-refractivity contribution in [3.8, 4) is 0 Å². The number of hydrogen-bond acceptors (Lipinski definition) is 2. The quantitative estimate of drug-likeness (QED) is 0.334. The average Bonchev–Trinajstić information content (AvgIpc) is 0. The van der Waals surface area contributed by atoms with Crippen LogP contribution in [0.3, 0.4) is 0 Å². The van der Waals surface area contributed by atoms with E-state index >= 15 is 0 Å². The summed E-state index contributed by atoms with van der Waals surface area (Å²) in [5, 5.41) is 0. The molecule has 0 aliphatic carbocycles. The summed E-state index contributed by atoms with van der Waals surface area (Å²) in [7, 11) is 0. The summed E-state index contributed by atoms with van der Waals surface area (Å²) in [6.45, 7) is 0. The van der Waals surface area contributed by atoms with Crippen LogP contribution in [0.25, 0.3) is 0 Å². The average molecular weight is 93.5 g/mol. The molecular weight excluding hydrogens is 88.4 g/mol. The summed E-state index contributed by atoms with van der Waals surface area (Å²) >= 11 is 0. The molecule has 0 aromatic carbocycles. The van der Waals surface area contributed by atoms with Crippen molar-refractivity contribution in [2.45, 2.75) is 0 Å². The minimum absolute atomic E-state index is 0. The second kappa shape index (κ2) is 29.6. The fourth-order valence-corrected chi connectivity index (χ4v) is 0. The SMILES string of the molecule is Cl.N.[Na+].[OH-]. The van der Waals surface area contributed by atoms with Crippen LogP contribution in [0.4, 0.5) is 0 Å². The molecule has 4 heavy (non-hydrogen) atoms. The third-order valence-electron chi connectivity index (χ3n) is 0. The molecule has 0 rings (SSSR count). The Morgan fingerprint density at radius 1 is 1.00 bits per heavy atom. The maximum absolute atomic E-state index is 0. The van der Waals surface area contributed by atoms with Gasteiger partial charge < -0.3 is 11.6 Å². The maximum Gasteiger partial charge on any atom is 1.00 e. The van der Waals surface area contributed by atoms with E-state index in [0.29, 0.717) is 0 Å². The molecule has 0 saturated carbocycles. The molecule has 0 aliphatic heterocycles. The van der Waals surface area contributed by atoms with Crippen LogP contribution in [0.2, 0.25) is 0 Å². The van der Waals surface area contributed by atoms with Gasteiger partial charge in [0.2, 0.25) is 0 Å². The van der Waals surface area contributed by atoms with Crippen LogP contribution in [0.15, 0.2) is 0 Å². The van der Waals surface area contributed by atoms with Crippen LogP contribution in [-0.2, 0) is 0 Å². The molecule has 0 aromatic rings. The van der Waals surface area contributed by atoms with E-state index in [4.69, 9.17) is 0 Å². The first-order valence-electron chi connectivity index (χ1n) is 0. The van der Waals surface area contributed by atoms with Crippen molar-refractivity contribution in [1.29, 1.82) is 0 Å². The van der Waals surface area contributed by atoms with Crippen LogP contribution in [0, 0.1) is 0 Å². The van der Waals surface area contributed by atoms with Gasteiger partial charge in [0.25, 0.3) is 0 Å². The monoisotopic (exact) mass is 93.0 g/mol. The molecule has 0 amide bonds. The Labute approximate surface area is 53.6 Å². The van der Waals surface area contributed by atoms with E-state index in [0.717, 1.165) is 0 Å². The van der Waals surface area contributed by atoms with Gasteiger partial charge in [0.05, 0.1) is 0 Å². The molecule has 4 N–H and O–H groups in total. The molecule has 0 fully saturated rings. The topological polar surface area (TPSA) is 65.0 Å². The normalized spacial score (nSPS) is 0. The predicted octanol–water partition coefficient (Wildman–Crippen LogP) is -2.59. The van der Waals surface area contributed by atoms with Gasteiger partial charge >= 0.3 is 29.6 Å². The molecule has 0 atom stereocenters. The van der Waals surface area contributed by atoms with Gasteiger partial charge in [0, 0.05) is 0 Å². The van der Waals surface area contributed by atoms with Crippen LogP contribution in [0.1, 0.15) is 0 Å². The second-order valence-electron chi connectivity index (χ2n) is 0. The third-order valence-corrected chi connectivity index (χ3v) is 0. The Bertz CT molecular complexity index is 8.00. The molecule has 0 radical (unpaired) electrons. The molecule has 2 nitrogen and oxygen atoms in total. The molecule has 0 spiro atoms. The predicted molar refractivity (Wildman–Crippen MR) is 14.2 cm³/mol. The number of hydrogen-bond donors (Lipinski definition) is 1. The molecule has 0 heterocycles. The number of halogens is 1. The van der Waals surface area contributed by atoms with Gasteiger partial charge in [-0.1, -0.05) is 0 Å². The zero-order chi connectivity index (χ0) is 0. The van der Waals surface area contributed by atoms with Crippen molar-refractivity contribution in [3.05, 3.63) is 0 Å². The van der Waals surface area contributed by atoms with E-state index in [1.807, 2.05) is 0 Å². The molecule has 0 aliphatic rings. The fraction of sp³-hybridized carbons (Fsp3) is 0. The fourth-order valence-electron chi connectivity index (χ4n) is 0. The summed E-state index contributed by atoms with van der Waals surface area (Å²) in [5.74, 6) is 0. The van der Waals surface area contributed by atoms with Crippen LogP contribution >= 0.6 is 12.4 Å². The molecule has 0 aromatic heterocycles. The molecule has 0 unspecified atom stereocenters. The summed E-state index contributed by atoms with van der Waals surface area (Å²) in [6, 6.07) is 0. The van der Waals surface area contributed by atoms with Crippen molar-refractivity contribution >= 4 is 12.4 Å². The van der Waals surface area contributed by atoms with Gasteiger partial charge in [-0.25, -0.2) is 0 Å². The first-order valence-corrected chi connectivity index (χ1v) is 0. The Hall–Kier alpha value is 1.21. The Balaban J connectivity index is 0. The van der Waals surface area contributed by atoms with Gasteiger partial charge in [0.1, 0.15) is 0 Å². The van der Waals surface area contributed by atoms with Crippen molar-refractivity contribution in [2.24, 2.45) is 0 Å². The second-order valence-corrected chi connectivity index (χ2v) is 0. The largest absolute Gasteiger partial charge is 1.00 e.